The van der Waals surface area contributed by atoms with Crippen LogP contribution in [-0.4, -0.2) is 23.5 Å². The first kappa shape index (κ1) is 13.7. The Labute approximate surface area is 126 Å². The van der Waals surface area contributed by atoms with Crippen LogP contribution in [0, 0.1) is 0 Å². The van der Waals surface area contributed by atoms with Gasteiger partial charge < -0.3 is 10.6 Å². The van der Waals surface area contributed by atoms with Gasteiger partial charge in [-0.3, -0.25) is 4.79 Å². The molecule has 2 N–H and O–H groups in total. The van der Waals surface area contributed by atoms with E-state index < -0.39 is 0 Å². The summed E-state index contributed by atoms with van der Waals surface area (Å²) in [6, 6.07) is 4.18. The van der Waals surface area contributed by atoms with Crippen LogP contribution in [0.25, 0.3) is 10.6 Å². The molecule has 0 bridgehead atoms. The molecule has 1 amide bonds. The van der Waals surface area contributed by atoms with Crippen LogP contribution in [0.1, 0.15) is 24.6 Å². The summed E-state index contributed by atoms with van der Waals surface area (Å²) in [4.78, 5) is 19.0. The van der Waals surface area contributed by atoms with E-state index in [-0.39, 0.29) is 11.9 Å². The Bertz CT molecular complexity index is 599. The van der Waals surface area contributed by atoms with Crippen molar-refractivity contribution in [1.29, 1.82) is 0 Å². The number of carbonyl (C=O) groups excluding carboxylic acids is 1. The quantitative estimate of drug-likeness (QED) is 0.912. The normalized spacial score (nSPS) is 18.4. The third kappa shape index (κ3) is 2.92. The number of rotatable bonds is 4. The lowest BCUT2D eigenvalue weighted by molar-refractivity contribution is -0.117. The van der Waals surface area contributed by atoms with Gasteiger partial charge in [-0.2, -0.15) is 0 Å². The zero-order valence-corrected chi connectivity index (χ0v) is 12.9. The fourth-order valence-electron chi connectivity index (χ4n) is 2.25. The molecular formula is C14H17N3OS2. The predicted molar refractivity (Wildman–Crippen MR) is 84.5 cm³/mol. The lowest BCUT2D eigenvalue weighted by Crippen LogP contribution is -2.35. The van der Waals surface area contributed by atoms with E-state index in [0.717, 1.165) is 36.4 Å². The van der Waals surface area contributed by atoms with Gasteiger partial charge in [0.2, 0.25) is 5.91 Å². The summed E-state index contributed by atoms with van der Waals surface area (Å²) in [5, 5.41) is 8.79. The van der Waals surface area contributed by atoms with Gasteiger partial charge in [0, 0.05) is 10.3 Å². The number of hydrogen-bond donors (Lipinski definition) is 2. The molecule has 0 aliphatic carbocycles. The van der Waals surface area contributed by atoms with E-state index in [1.54, 1.807) is 11.3 Å². The van der Waals surface area contributed by atoms with Crippen molar-refractivity contribution in [1.82, 2.24) is 10.3 Å². The molecule has 1 fully saturated rings. The van der Waals surface area contributed by atoms with Crippen molar-refractivity contribution in [2.75, 3.05) is 11.9 Å². The Morgan fingerprint density at radius 1 is 1.55 bits per heavy atom. The molecule has 4 nitrogen and oxygen atoms in total. The van der Waals surface area contributed by atoms with Gasteiger partial charge in [0.05, 0.1) is 16.6 Å². The lowest BCUT2D eigenvalue weighted by Gasteiger charge is -2.08. The van der Waals surface area contributed by atoms with Crippen LogP contribution in [-0.2, 0) is 11.2 Å². The highest BCUT2D eigenvalue weighted by molar-refractivity contribution is 7.17. The fourth-order valence-corrected chi connectivity index (χ4v) is 3.95. The third-order valence-electron chi connectivity index (χ3n) is 3.37. The largest absolute Gasteiger partial charge is 0.306 e. The zero-order valence-electron chi connectivity index (χ0n) is 11.3. The second-order valence-electron chi connectivity index (χ2n) is 4.80. The second-order valence-corrected chi connectivity index (χ2v) is 6.82. The molecule has 20 heavy (non-hydrogen) atoms. The van der Waals surface area contributed by atoms with E-state index in [1.165, 1.54) is 16.2 Å². The van der Waals surface area contributed by atoms with Crippen molar-refractivity contribution < 1.29 is 4.79 Å². The molecule has 1 atom stereocenters. The standard InChI is InChI=1S/C14H17N3OS2/c1-2-9-5-6-12(20-9)11-8-19-14(16-11)17-13(18)10-4-3-7-15-10/h5-6,8,10,15H,2-4,7H2,1H3,(H,16,17,18). The predicted octanol–water partition coefficient (Wildman–Crippen LogP) is 3.12. The summed E-state index contributed by atoms with van der Waals surface area (Å²) in [6.45, 7) is 3.08. The molecule has 3 heterocycles. The number of aryl methyl sites for hydroxylation is 1. The zero-order chi connectivity index (χ0) is 13.9. The third-order valence-corrected chi connectivity index (χ3v) is 5.38. The minimum atomic E-state index is -0.0595. The molecule has 0 aromatic carbocycles. The summed E-state index contributed by atoms with van der Waals surface area (Å²) in [5.74, 6) is 0.0313. The molecule has 2 aromatic rings. The summed E-state index contributed by atoms with van der Waals surface area (Å²) in [5.41, 5.74) is 0.953. The average molecular weight is 307 g/mol. The molecule has 2 aromatic heterocycles. The molecular weight excluding hydrogens is 290 g/mol. The van der Waals surface area contributed by atoms with Crippen LogP contribution >= 0.6 is 22.7 Å². The van der Waals surface area contributed by atoms with E-state index in [2.05, 4.69) is 34.7 Å². The highest BCUT2D eigenvalue weighted by Gasteiger charge is 2.22. The number of aromatic nitrogens is 1. The van der Waals surface area contributed by atoms with Crippen LogP contribution in [0.2, 0.25) is 0 Å². The Kier molecular flexibility index (Phi) is 4.14. The molecule has 0 spiro atoms. The number of hydrogen-bond acceptors (Lipinski definition) is 5. The topological polar surface area (TPSA) is 54.0 Å². The van der Waals surface area contributed by atoms with Crippen LogP contribution < -0.4 is 10.6 Å². The summed E-state index contributed by atoms with van der Waals surface area (Å²) >= 11 is 3.25. The Balaban J connectivity index is 1.68. The summed E-state index contributed by atoms with van der Waals surface area (Å²) < 4.78 is 0. The first-order chi connectivity index (χ1) is 9.76. The highest BCUT2D eigenvalue weighted by atomic mass is 32.1. The number of nitrogens with zero attached hydrogens (tertiary/aromatic N) is 1. The second kappa shape index (κ2) is 6.03. The van der Waals surface area contributed by atoms with Crippen molar-refractivity contribution in [2.24, 2.45) is 0 Å². The van der Waals surface area contributed by atoms with Crippen LogP contribution in [0.5, 0.6) is 0 Å². The van der Waals surface area contributed by atoms with Gasteiger partial charge in [-0.05, 0) is 37.9 Å². The van der Waals surface area contributed by atoms with Gasteiger partial charge in [0.1, 0.15) is 0 Å². The van der Waals surface area contributed by atoms with Crippen molar-refractivity contribution in [3.8, 4) is 10.6 Å². The SMILES string of the molecule is CCc1ccc(-c2csc(NC(=O)C3CCCN3)n2)s1. The highest BCUT2D eigenvalue weighted by Crippen LogP contribution is 2.31. The maximum atomic E-state index is 12.0. The van der Waals surface area contributed by atoms with Crippen molar-refractivity contribution in [2.45, 2.75) is 32.2 Å². The molecule has 0 saturated carbocycles. The Morgan fingerprint density at radius 2 is 2.45 bits per heavy atom. The average Bonchev–Trinajstić information content (AvgIpc) is 3.19. The molecule has 3 rings (SSSR count). The number of nitrogens with one attached hydrogen (secondary N) is 2. The molecule has 1 aliphatic rings. The molecule has 1 unspecified atom stereocenters. The number of thiophene rings is 1. The Morgan fingerprint density at radius 3 is 3.15 bits per heavy atom. The van der Waals surface area contributed by atoms with Crippen LogP contribution in [0.15, 0.2) is 17.5 Å². The monoisotopic (exact) mass is 307 g/mol. The summed E-state index contributed by atoms with van der Waals surface area (Å²) in [6.07, 6.45) is 3.02. The first-order valence-corrected chi connectivity index (χ1v) is 8.54. The maximum Gasteiger partial charge on any atom is 0.243 e. The molecule has 6 heteroatoms. The number of anilines is 1. The first-order valence-electron chi connectivity index (χ1n) is 6.85. The summed E-state index contributed by atoms with van der Waals surface area (Å²) in [7, 11) is 0. The maximum absolute atomic E-state index is 12.0. The van der Waals surface area contributed by atoms with Gasteiger partial charge in [0.25, 0.3) is 0 Å². The number of amides is 1. The van der Waals surface area contributed by atoms with Crippen molar-refractivity contribution >= 4 is 33.7 Å². The smallest absolute Gasteiger partial charge is 0.243 e. The van der Waals surface area contributed by atoms with E-state index in [4.69, 9.17) is 0 Å². The minimum Gasteiger partial charge on any atom is -0.306 e. The van der Waals surface area contributed by atoms with Gasteiger partial charge >= 0.3 is 0 Å². The van der Waals surface area contributed by atoms with Crippen LogP contribution in [0.4, 0.5) is 5.13 Å². The minimum absolute atomic E-state index is 0.0313. The van der Waals surface area contributed by atoms with Gasteiger partial charge in [-0.15, -0.1) is 22.7 Å². The fraction of sp³-hybridized carbons (Fsp3) is 0.429. The van der Waals surface area contributed by atoms with E-state index >= 15 is 0 Å². The molecule has 1 aliphatic heterocycles. The molecule has 1 saturated heterocycles. The van der Waals surface area contributed by atoms with Gasteiger partial charge in [0.15, 0.2) is 5.13 Å². The number of carbonyl (C=O) groups is 1. The van der Waals surface area contributed by atoms with E-state index in [1.807, 2.05) is 5.38 Å². The lowest BCUT2D eigenvalue weighted by atomic mass is 10.2. The Hall–Kier alpha value is -1.24. The molecule has 106 valence electrons. The van der Waals surface area contributed by atoms with Gasteiger partial charge in [-0.25, -0.2) is 4.98 Å². The van der Waals surface area contributed by atoms with Gasteiger partial charge in [-0.1, -0.05) is 6.92 Å². The van der Waals surface area contributed by atoms with E-state index in [0.29, 0.717) is 5.13 Å². The molecule has 0 radical (unpaired) electrons. The van der Waals surface area contributed by atoms with Crippen molar-refractivity contribution in [3.05, 3.63) is 22.4 Å². The van der Waals surface area contributed by atoms with E-state index in [9.17, 15) is 4.79 Å². The number of thiazole rings is 1. The van der Waals surface area contributed by atoms with Crippen LogP contribution in [0.3, 0.4) is 0 Å². The van der Waals surface area contributed by atoms with Crippen molar-refractivity contribution in [3.63, 3.8) is 0 Å².